The monoisotopic (exact) mass is 328 g/mol. The molecule has 0 aliphatic carbocycles. The first-order valence-corrected chi connectivity index (χ1v) is 8.64. The van der Waals surface area contributed by atoms with Crippen molar-refractivity contribution in [1.29, 1.82) is 0 Å². The van der Waals surface area contributed by atoms with Crippen LogP contribution in [0.2, 0.25) is 0 Å². The third-order valence-corrected chi connectivity index (χ3v) is 4.54. The predicted octanol–water partition coefficient (Wildman–Crippen LogP) is 3.26. The lowest BCUT2D eigenvalue weighted by molar-refractivity contribution is 0.102. The molecule has 0 atom stereocenters. The number of hydrogen-bond donors (Lipinski definition) is 2. The van der Waals surface area contributed by atoms with Crippen LogP contribution < -0.4 is 11.1 Å². The molecular formula is C17H20N4OS. The van der Waals surface area contributed by atoms with Gasteiger partial charge >= 0.3 is 0 Å². The van der Waals surface area contributed by atoms with Gasteiger partial charge in [-0.25, -0.2) is 4.98 Å². The van der Waals surface area contributed by atoms with Gasteiger partial charge < -0.3 is 15.6 Å². The first-order valence-electron chi connectivity index (χ1n) is 7.76. The topological polar surface area (TPSA) is 72.9 Å². The number of carbonyl (C=O) groups excluding carboxylic acids is 1. The van der Waals surface area contributed by atoms with Gasteiger partial charge in [0.15, 0.2) is 0 Å². The number of hydrogen-bond acceptors (Lipinski definition) is 4. The number of rotatable bonds is 6. The van der Waals surface area contributed by atoms with Crippen LogP contribution in [0.3, 0.4) is 0 Å². The number of benzene rings is 1. The van der Waals surface area contributed by atoms with Gasteiger partial charge in [-0.05, 0) is 37.2 Å². The molecule has 120 valence electrons. The lowest BCUT2D eigenvalue weighted by Gasteiger charge is -2.06. The fraction of sp³-hybridized carbons (Fsp3) is 0.294. The molecule has 1 aromatic carbocycles. The van der Waals surface area contributed by atoms with E-state index in [-0.39, 0.29) is 5.91 Å². The van der Waals surface area contributed by atoms with Crippen LogP contribution in [-0.4, -0.2) is 22.0 Å². The highest BCUT2D eigenvalue weighted by Crippen LogP contribution is 2.21. The summed E-state index contributed by atoms with van der Waals surface area (Å²) in [5.74, 6) is -0.183. The van der Waals surface area contributed by atoms with E-state index in [0.29, 0.717) is 18.7 Å². The van der Waals surface area contributed by atoms with Gasteiger partial charge in [-0.15, -0.1) is 11.3 Å². The first-order chi connectivity index (χ1) is 11.2. The number of nitrogens with one attached hydrogen (secondary N) is 1. The zero-order valence-electron chi connectivity index (χ0n) is 13.1. The normalized spacial score (nSPS) is 11.0. The second-order valence-corrected chi connectivity index (χ2v) is 6.34. The van der Waals surface area contributed by atoms with Crippen molar-refractivity contribution in [3.05, 3.63) is 46.5 Å². The van der Waals surface area contributed by atoms with Crippen LogP contribution in [0.1, 0.15) is 28.8 Å². The summed E-state index contributed by atoms with van der Waals surface area (Å²) < 4.78 is 2.22. The highest BCUT2D eigenvalue weighted by atomic mass is 32.1. The van der Waals surface area contributed by atoms with Crippen LogP contribution in [0, 0.1) is 0 Å². The molecular weight excluding hydrogens is 308 g/mol. The van der Waals surface area contributed by atoms with E-state index in [0.717, 1.165) is 29.0 Å². The lowest BCUT2D eigenvalue weighted by Crippen LogP contribution is -2.12. The smallest absolute Gasteiger partial charge is 0.275 e. The van der Waals surface area contributed by atoms with Gasteiger partial charge in [0.1, 0.15) is 5.69 Å². The maximum atomic E-state index is 12.3. The summed E-state index contributed by atoms with van der Waals surface area (Å²) >= 11 is 1.47. The van der Waals surface area contributed by atoms with Crippen LogP contribution in [0.15, 0.2) is 35.8 Å². The summed E-state index contributed by atoms with van der Waals surface area (Å²) in [4.78, 5) is 16.6. The largest absolute Gasteiger partial charge is 0.347 e. The average Bonchev–Trinajstić information content (AvgIpc) is 3.15. The molecule has 0 saturated carbocycles. The summed E-state index contributed by atoms with van der Waals surface area (Å²) in [6.07, 6.45) is 3.88. The fourth-order valence-electron chi connectivity index (χ4n) is 2.56. The van der Waals surface area contributed by atoms with Crippen molar-refractivity contribution >= 4 is 33.8 Å². The minimum atomic E-state index is -0.183. The molecule has 3 rings (SSSR count). The molecule has 2 aromatic heterocycles. The predicted molar refractivity (Wildman–Crippen MR) is 95.1 cm³/mol. The van der Waals surface area contributed by atoms with Crippen molar-refractivity contribution < 1.29 is 4.79 Å². The number of aryl methyl sites for hydroxylation is 1. The van der Waals surface area contributed by atoms with Crippen molar-refractivity contribution in [1.82, 2.24) is 9.55 Å². The minimum absolute atomic E-state index is 0.183. The summed E-state index contributed by atoms with van der Waals surface area (Å²) in [6, 6.07) is 8.04. The molecule has 6 heteroatoms. The zero-order valence-corrected chi connectivity index (χ0v) is 13.9. The molecule has 0 aliphatic rings. The summed E-state index contributed by atoms with van der Waals surface area (Å²) in [6.45, 7) is 3.70. The molecule has 1 amide bonds. The minimum Gasteiger partial charge on any atom is -0.347 e. The molecule has 2 heterocycles. The number of carbonyl (C=O) groups is 1. The fourth-order valence-corrected chi connectivity index (χ4v) is 3.36. The second kappa shape index (κ2) is 6.93. The number of anilines is 1. The van der Waals surface area contributed by atoms with Crippen molar-refractivity contribution in [2.45, 2.75) is 26.3 Å². The number of nitrogens with two attached hydrogens (primary N) is 1. The molecule has 3 N–H and O–H groups in total. The van der Waals surface area contributed by atoms with Crippen LogP contribution >= 0.6 is 11.3 Å². The Kier molecular flexibility index (Phi) is 4.73. The van der Waals surface area contributed by atoms with Gasteiger partial charge in [-0.1, -0.05) is 6.92 Å². The first kappa shape index (κ1) is 15.7. The molecule has 0 bridgehead atoms. The Bertz CT molecular complexity index is 821. The quantitative estimate of drug-likeness (QED) is 0.729. The molecule has 23 heavy (non-hydrogen) atoms. The van der Waals surface area contributed by atoms with E-state index in [4.69, 9.17) is 5.73 Å². The maximum absolute atomic E-state index is 12.3. The number of fused-ring (bicyclic) bond motifs is 1. The second-order valence-electron chi connectivity index (χ2n) is 5.40. The molecule has 0 unspecified atom stereocenters. The van der Waals surface area contributed by atoms with E-state index in [2.05, 4.69) is 34.1 Å². The molecule has 0 fully saturated rings. The van der Waals surface area contributed by atoms with Crippen molar-refractivity contribution in [3.8, 4) is 0 Å². The molecule has 0 saturated heterocycles. The Hall–Kier alpha value is -2.18. The van der Waals surface area contributed by atoms with Crippen LogP contribution in [0.4, 0.5) is 5.69 Å². The Morgan fingerprint density at radius 3 is 3.04 bits per heavy atom. The molecule has 0 aliphatic heterocycles. The molecule has 0 radical (unpaired) electrons. The standard InChI is InChI=1S/C17H20N4OS/c1-2-8-21-9-6-12-10-13(3-4-15(12)21)19-17(22)14-11-23-16(20-14)5-7-18/h3-4,6,9-11H,2,5,7-8,18H2,1H3,(H,19,22). The van der Waals surface area contributed by atoms with Gasteiger partial charge in [-0.3, -0.25) is 4.79 Å². The number of amides is 1. The number of aromatic nitrogens is 2. The van der Waals surface area contributed by atoms with E-state index in [9.17, 15) is 4.79 Å². The van der Waals surface area contributed by atoms with Crippen LogP contribution in [-0.2, 0) is 13.0 Å². The van der Waals surface area contributed by atoms with Crippen molar-refractivity contribution in [2.75, 3.05) is 11.9 Å². The zero-order chi connectivity index (χ0) is 16.2. The molecule has 0 spiro atoms. The van der Waals surface area contributed by atoms with Gasteiger partial charge in [0, 0.05) is 41.1 Å². The molecule has 5 nitrogen and oxygen atoms in total. The van der Waals surface area contributed by atoms with Gasteiger partial charge in [0.25, 0.3) is 5.91 Å². The van der Waals surface area contributed by atoms with Crippen molar-refractivity contribution in [2.24, 2.45) is 5.73 Å². The van der Waals surface area contributed by atoms with E-state index in [1.807, 2.05) is 18.2 Å². The third-order valence-electron chi connectivity index (χ3n) is 3.64. The summed E-state index contributed by atoms with van der Waals surface area (Å²) in [7, 11) is 0. The number of nitrogens with zero attached hydrogens (tertiary/aromatic N) is 2. The average molecular weight is 328 g/mol. The van der Waals surface area contributed by atoms with Gasteiger partial charge in [-0.2, -0.15) is 0 Å². The summed E-state index contributed by atoms with van der Waals surface area (Å²) in [5, 5.41) is 6.70. The highest BCUT2D eigenvalue weighted by molar-refractivity contribution is 7.09. The van der Waals surface area contributed by atoms with Gasteiger partial charge in [0.05, 0.1) is 5.01 Å². The van der Waals surface area contributed by atoms with Crippen molar-refractivity contribution in [3.63, 3.8) is 0 Å². The lowest BCUT2D eigenvalue weighted by atomic mass is 10.2. The Morgan fingerprint density at radius 2 is 2.26 bits per heavy atom. The molecule has 3 aromatic rings. The van der Waals surface area contributed by atoms with Gasteiger partial charge in [0.2, 0.25) is 0 Å². The third kappa shape index (κ3) is 3.43. The Labute approximate surface area is 139 Å². The van der Waals surface area contributed by atoms with E-state index in [1.54, 1.807) is 5.38 Å². The van der Waals surface area contributed by atoms with Crippen LogP contribution in [0.25, 0.3) is 10.9 Å². The Morgan fingerprint density at radius 1 is 1.39 bits per heavy atom. The van der Waals surface area contributed by atoms with E-state index in [1.165, 1.54) is 16.9 Å². The SMILES string of the molecule is CCCn1ccc2cc(NC(=O)c3csc(CCN)n3)ccc21. The Balaban J connectivity index is 1.76. The van der Waals surface area contributed by atoms with E-state index >= 15 is 0 Å². The van der Waals surface area contributed by atoms with E-state index < -0.39 is 0 Å². The highest BCUT2D eigenvalue weighted by Gasteiger charge is 2.11. The maximum Gasteiger partial charge on any atom is 0.275 e. The number of thiazole rings is 1. The van der Waals surface area contributed by atoms with Crippen LogP contribution in [0.5, 0.6) is 0 Å². The summed E-state index contributed by atoms with van der Waals surface area (Å²) in [5.41, 5.74) is 7.92.